The lowest BCUT2D eigenvalue weighted by Crippen LogP contribution is -2.45. The molecule has 174 valence electrons. The molecule has 1 unspecified atom stereocenters. The van der Waals surface area contributed by atoms with Gasteiger partial charge in [-0.2, -0.15) is 13.2 Å². The molecule has 0 bridgehead atoms. The second-order valence-electron chi connectivity index (χ2n) is 7.58. The molecule has 1 fully saturated rings. The molecular formula is C21H30F3N3O4. The van der Waals surface area contributed by atoms with Crippen LogP contribution < -0.4 is 25.4 Å². The van der Waals surface area contributed by atoms with Gasteiger partial charge in [0.25, 0.3) is 0 Å². The number of anilines is 1. The van der Waals surface area contributed by atoms with Gasteiger partial charge in [0.2, 0.25) is 11.8 Å². The number of hydrogen-bond acceptors (Lipinski definition) is 5. The molecule has 1 aliphatic heterocycles. The van der Waals surface area contributed by atoms with Gasteiger partial charge >= 0.3 is 6.18 Å². The van der Waals surface area contributed by atoms with Crippen LogP contribution in [0.15, 0.2) is 18.2 Å². The predicted molar refractivity (Wildman–Crippen MR) is 110 cm³/mol. The van der Waals surface area contributed by atoms with Gasteiger partial charge in [-0.15, -0.1) is 0 Å². The third-order valence-corrected chi connectivity index (χ3v) is 4.89. The number of amides is 2. The van der Waals surface area contributed by atoms with E-state index in [0.29, 0.717) is 31.7 Å². The molecule has 0 aromatic heterocycles. The molecule has 10 heteroatoms. The second-order valence-corrected chi connectivity index (χ2v) is 7.58. The van der Waals surface area contributed by atoms with Crippen LogP contribution in [0.2, 0.25) is 0 Å². The fourth-order valence-corrected chi connectivity index (χ4v) is 3.37. The van der Waals surface area contributed by atoms with Gasteiger partial charge in [-0.1, -0.05) is 6.42 Å². The molecule has 2 rings (SSSR count). The van der Waals surface area contributed by atoms with Gasteiger partial charge in [0, 0.05) is 32.0 Å². The third kappa shape index (κ3) is 9.04. The Bertz CT molecular complexity index is 737. The summed E-state index contributed by atoms with van der Waals surface area (Å²) in [6.07, 6.45) is -0.136. The fraction of sp³-hybridized carbons (Fsp3) is 0.619. The van der Waals surface area contributed by atoms with E-state index in [1.165, 1.54) is 30.0 Å². The summed E-state index contributed by atoms with van der Waals surface area (Å²) in [5.74, 6) is -0.328. The molecule has 1 heterocycles. The van der Waals surface area contributed by atoms with Crippen molar-refractivity contribution in [3.8, 4) is 11.5 Å². The normalized spacial score (nSPS) is 16.6. The molecule has 0 aliphatic carbocycles. The van der Waals surface area contributed by atoms with E-state index in [9.17, 15) is 22.8 Å². The van der Waals surface area contributed by atoms with E-state index in [1.54, 1.807) is 0 Å². The standard InChI is InChI=1S/C21H30F3N3O4/c1-15(28)27(13-16-6-2-4-10-26-16)18-12-17(30-11-5-3-7-20(25)29)8-9-19(18)31-14-21(22,23)24/h8-9,12,16,26H,2-7,10-11,13-14H2,1H3,(H2,25,29). The number of piperidine rings is 1. The first kappa shape index (κ1) is 24.8. The Morgan fingerprint density at radius 1 is 1.23 bits per heavy atom. The molecule has 0 spiro atoms. The minimum Gasteiger partial charge on any atom is -0.494 e. The van der Waals surface area contributed by atoms with Crippen molar-refractivity contribution in [1.82, 2.24) is 5.32 Å². The minimum absolute atomic E-state index is 0.0376. The van der Waals surface area contributed by atoms with E-state index in [2.05, 4.69) is 5.32 Å². The number of halogens is 3. The van der Waals surface area contributed by atoms with E-state index in [1.807, 2.05) is 0 Å². The van der Waals surface area contributed by atoms with Crippen LogP contribution in [0.1, 0.15) is 45.4 Å². The molecule has 1 atom stereocenters. The number of nitrogens with one attached hydrogen (secondary N) is 1. The van der Waals surface area contributed by atoms with Crippen molar-refractivity contribution in [2.45, 2.75) is 57.7 Å². The molecule has 2 amide bonds. The Labute approximate surface area is 180 Å². The number of benzene rings is 1. The highest BCUT2D eigenvalue weighted by molar-refractivity contribution is 5.93. The Morgan fingerprint density at radius 3 is 2.61 bits per heavy atom. The van der Waals surface area contributed by atoms with Crippen molar-refractivity contribution in [3.63, 3.8) is 0 Å². The first-order chi connectivity index (χ1) is 14.7. The molecule has 0 saturated carbocycles. The number of alkyl halides is 3. The average molecular weight is 445 g/mol. The number of hydrogen-bond donors (Lipinski definition) is 2. The highest BCUT2D eigenvalue weighted by atomic mass is 19.4. The van der Waals surface area contributed by atoms with Crippen LogP contribution in [0.5, 0.6) is 11.5 Å². The lowest BCUT2D eigenvalue weighted by atomic mass is 10.0. The largest absolute Gasteiger partial charge is 0.494 e. The fourth-order valence-electron chi connectivity index (χ4n) is 3.37. The first-order valence-electron chi connectivity index (χ1n) is 10.4. The Balaban J connectivity index is 2.18. The summed E-state index contributed by atoms with van der Waals surface area (Å²) < 4.78 is 48.8. The maximum atomic E-state index is 12.7. The number of ether oxygens (including phenoxy) is 2. The predicted octanol–water partition coefficient (Wildman–Crippen LogP) is 3.16. The Kier molecular flexibility index (Phi) is 9.42. The van der Waals surface area contributed by atoms with Gasteiger partial charge in [0.05, 0.1) is 12.3 Å². The van der Waals surface area contributed by atoms with Crippen LogP contribution in [-0.4, -0.2) is 50.3 Å². The van der Waals surface area contributed by atoms with Gasteiger partial charge in [-0.25, -0.2) is 0 Å². The van der Waals surface area contributed by atoms with Gasteiger partial charge < -0.3 is 25.4 Å². The van der Waals surface area contributed by atoms with E-state index < -0.39 is 12.8 Å². The summed E-state index contributed by atoms with van der Waals surface area (Å²) in [4.78, 5) is 24.6. The van der Waals surface area contributed by atoms with Crippen LogP contribution >= 0.6 is 0 Å². The lowest BCUT2D eigenvalue weighted by molar-refractivity contribution is -0.153. The number of carbonyl (C=O) groups excluding carboxylic acids is 2. The molecule has 1 aliphatic rings. The van der Waals surface area contributed by atoms with Crippen molar-refractivity contribution in [2.24, 2.45) is 5.73 Å². The van der Waals surface area contributed by atoms with Crippen LogP contribution in [0, 0.1) is 0 Å². The average Bonchev–Trinajstić information content (AvgIpc) is 2.70. The van der Waals surface area contributed by atoms with Gasteiger partial charge in [0.15, 0.2) is 6.61 Å². The molecular weight excluding hydrogens is 415 g/mol. The molecule has 1 aromatic rings. The molecule has 1 saturated heterocycles. The zero-order valence-corrected chi connectivity index (χ0v) is 17.7. The first-order valence-corrected chi connectivity index (χ1v) is 10.4. The molecule has 31 heavy (non-hydrogen) atoms. The number of nitrogens with zero attached hydrogens (tertiary/aromatic N) is 1. The summed E-state index contributed by atoms with van der Waals surface area (Å²) in [5.41, 5.74) is 5.34. The van der Waals surface area contributed by atoms with Crippen molar-refractivity contribution in [1.29, 1.82) is 0 Å². The van der Waals surface area contributed by atoms with E-state index >= 15 is 0 Å². The number of primary amides is 1. The summed E-state index contributed by atoms with van der Waals surface area (Å²) in [6.45, 7) is 1.37. The number of nitrogens with two attached hydrogens (primary N) is 1. The lowest BCUT2D eigenvalue weighted by Gasteiger charge is -2.31. The molecule has 7 nitrogen and oxygen atoms in total. The van der Waals surface area contributed by atoms with Crippen LogP contribution in [-0.2, 0) is 9.59 Å². The summed E-state index contributed by atoms with van der Waals surface area (Å²) in [5, 5.41) is 3.34. The Morgan fingerprint density at radius 2 is 2.00 bits per heavy atom. The van der Waals surface area contributed by atoms with Crippen molar-refractivity contribution in [3.05, 3.63) is 18.2 Å². The maximum Gasteiger partial charge on any atom is 0.422 e. The summed E-state index contributed by atoms with van der Waals surface area (Å²) in [7, 11) is 0. The highest BCUT2D eigenvalue weighted by Gasteiger charge is 2.30. The smallest absolute Gasteiger partial charge is 0.422 e. The minimum atomic E-state index is -4.50. The van der Waals surface area contributed by atoms with Crippen LogP contribution in [0.3, 0.4) is 0 Å². The second kappa shape index (κ2) is 11.8. The number of unbranched alkanes of at least 4 members (excludes halogenated alkanes) is 1. The van der Waals surface area contributed by atoms with Gasteiger partial charge in [-0.05, 0) is 44.4 Å². The van der Waals surface area contributed by atoms with Crippen molar-refractivity contribution < 1.29 is 32.2 Å². The van der Waals surface area contributed by atoms with Crippen molar-refractivity contribution >= 4 is 17.5 Å². The van der Waals surface area contributed by atoms with E-state index in [0.717, 1.165) is 25.8 Å². The quantitative estimate of drug-likeness (QED) is 0.511. The highest BCUT2D eigenvalue weighted by Crippen LogP contribution is 2.34. The Hall–Kier alpha value is -2.49. The van der Waals surface area contributed by atoms with E-state index in [-0.39, 0.29) is 35.7 Å². The maximum absolute atomic E-state index is 12.7. The van der Waals surface area contributed by atoms with Gasteiger partial charge in [0.1, 0.15) is 11.5 Å². The third-order valence-electron chi connectivity index (χ3n) is 4.89. The van der Waals surface area contributed by atoms with Crippen molar-refractivity contribution in [2.75, 3.05) is 31.2 Å². The molecule has 3 N–H and O–H groups in total. The zero-order valence-electron chi connectivity index (χ0n) is 17.7. The zero-order chi connectivity index (χ0) is 22.9. The van der Waals surface area contributed by atoms with E-state index in [4.69, 9.17) is 15.2 Å². The molecule has 0 radical (unpaired) electrons. The molecule has 1 aromatic carbocycles. The number of carbonyl (C=O) groups is 2. The van der Waals surface area contributed by atoms with Crippen LogP contribution in [0.25, 0.3) is 0 Å². The number of rotatable bonds is 11. The van der Waals surface area contributed by atoms with Gasteiger partial charge in [-0.3, -0.25) is 9.59 Å². The SMILES string of the molecule is CC(=O)N(CC1CCCCN1)c1cc(OCCCCC(N)=O)ccc1OCC(F)(F)F. The van der Waals surface area contributed by atoms with Crippen LogP contribution in [0.4, 0.5) is 18.9 Å². The summed E-state index contributed by atoms with van der Waals surface area (Å²) >= 11 is 0. The summed E-state index contributed by atoms with van der Waals surface area (Å²) in [6, 6.07) is 4.45. The monoisotopic (exact) mass is 445 g/mol. The topological polar surface area (TPSA) is 93.9 Å².